The molecule has 2 atom stereocenters. The number of carbonyl (C=O) groups excluding carboxylic acids is 3. The fourth-order valence-corrected chi connectivity index (χ4v) is 4.81. The zero-order valence-corrected chi connectivity index (χ0v) is 24.0. The molecule has 2 aliphatic rings. The molecule has 0 saturated carbocycles. The quantitative estimate of drug-likeness (QED) is 0.316. The Morgan fingerprint density at radius 1 is 1.10 bits per heavy atom. The van der Waals surface area contributed by atoms with Crippen LogP contribution in [0.5, 0.6) is 0 Å². The van der Waals surface area contributed by atoms with E-state index in [9.17, 15) is 23.2 Å². The molecule has 0 radical (unpaired) electrons. The lowest BCUT2D eigenvalue weighted by molar-refractivity contribution is -0.125. The minimum Gasteiger partial charge on any atom is -0.444 e. The van der Waals surface area contributed by atoms with E-state index < -0.39 is 40.9 Å². The molecule has 2 aliphatic heterocycles. The van der Waals surface area contributed by atoms with E-state index in [-0.39, 0.29) is 18.0 Å². The van der Waals surface area contributed by atoms with Crippen LogP contribution < -0.4 is 27.0 Å². The largest absolute Gasteiger partial charge is 0.444 e. The number of hydrogen-bond acceptors (Lipinski definition) is 7. The summed E-state index contributed by atoms with van der Waals surface area (Å²) in [6, 6.07) is 10.2. The van der Waals surface area contributed by atoms with Crippen LogP contribution in [0, 0.1) is 11.6 Å². The Hall–Kier alpha value is -4.61. The van der Waals surface area contributed by atoms with Crippen molar-refractivity contribution in [2.24, 2.45) is 5.73 Å². The van der Waals surface area contributed by atoms with Crippen LogP contribution in [0.4, 0.5) is 25.0 Å². The second-order valence-electron chi connectivity index (χ2n) is 11.5. The van der Waals surface area contributed by atoms with Gasteiger partial charge in [-0.15, -0.1) is 0 Å². The molecule has 4 rings (SSSR count). The monoisotopic (exact) mass is 582 g/mol. The summed E-state index contributed by atoms with van der Waals surface area (Å²) in [5, 5.41) is 12.2. The third-order valence-corrected chi connectivity index (χ3v) is 6.91. The molecule has 6 N–H and O–H groups in total. The lowest BCUT2D eigenvalue weighted by Gasteiger charge is -2.35. The summed E-state index contributed by atoms with van der Waals surface area (Å²) in [4.78, 5) is 39.4. The van der Waals surface area contributed by atoms with Crippen LogP contribution in [0.25, 0.3) is 0 Å². The van der Waals surface area contributed by atoms with Gasteiger partial charge in [0.25, 0.3) is 5.91 Å². The predicted octanol–water partition coefficient (Wildman–Crippen LogP) is 4.08. The average Bonchev–Trinajstić information content (AvgIpc) is 3.30. The number of likely N-dealkylation sites (tertiary alicyclic amines) is 1. The van der Waals surface area contributed by atoms with Crippen LogP contribution in [0.15, 0.2) is 66.0 Å². The Morgan fingerprint density at radius 3 is 2.36 bits per heavy atom. The third kappa shape index (κ3) is 7.36. The highest BCUT2D eigenvalue weighted by atomic mass is 19.1. The van der Waals surface area contributed by atoms with Gasteiger partial charge < -0.3 is 31.7 Å². The van der Waals surface area contributed by atoms with Crippen molar-refractivity contribution >= 4 is 29.3 Å². The van der Waals surface area contributed by atoms with Gasteiger partial charge in [0, 0.05) is 42.4 Å². The van der Waals surface area contributed by atoms with Crippen LogP contribution >= 0.6 is 0 Å². The summed E-state index contributed by atoms with van der Waals surface area (Å²) in [7, 11) is 0. The lowest BCUT2D eigenvalue weighted by Crippen LogP contribution is -2.54. The standard InChI is InChI=1S/C30H36F2N6O4/c1-29(2,3)42-28(41)38-11-5-10-30(38,4)27(40)37-22-8-6-21(7-9-22)36-25-15-24(23(17-35-25)26(33)39)34-16-18-12-19(31)14-20(32)13-18/h6-9,12-15,17,25,34-36H,5,10-11,16H2,1-4H3,(H2,33,39)(H,37,40). The number of carbonyl (C=O) groups is 3. The Bertz CT molecular complexity index is 1400. The summed E-state index contributed by atoms with van der Waals surface area (Å²) in [6.45, 7) is 7.59. The summed E-state index contributed by atoms with van der Waals surface area (Å²) >= 11 is 0. The number of dihydropyridines is 1. The van der Waals surface area contributed by atoms with Gasteiger partial charge in [-0.3, -0.25) is 14.5 Å². The van der Waals surface area contributed by atoms with Crippen LogP contribution in [0.3, 0.4) is 0 Å². The lowest BCUT2D eigenvalue weighted by atomic mass is 9.97. The molecule has 2 aromatic rings. The van der Waals surface area contributed by atoms with E-state index in [0.29, 0.717) is 42.0 Å². The molecule has 0 spiro atoms. The molecule has 1 fully saturated rings. The zero-order valence-electron chi connectivity index (χ0n) is 24.0. The first-order valence-electron chi connectivity index (χ1n) is 13.6. The van der Waals surface area contributed by atoms with Crippen molar-refractivity contribution in [3.63, 3.8) is 0 Å². The first-order valence-corrected chi connectivity index (χ1v) is 13.6. The van der Waals surface area contributed by atoms with E-state index in [1.807, 2.05) is 0 Å². The maximum atomic E-state index is 13.6. The van der Waals surface area contributed by atoms with Crippen molar-refractivity contribution in [2.45, 2.75) is 64.4 Å². The summed E-state index contributed by atoms with van der Waals surface area (Å²) in [6.07, 6.45) is 3.38. The number of nitrogens with zero attached hydrogens (tertiary/aromatic N) is 1. The first kappa shape index (κ1) is 30.4. The molecular weight excluding hydrogens is 546 g/mol. The Morgan fingerprint density at radius 2 is 1.74 bits per heavy atom. The van der Waals surface area contributed by atoms with Gasteiger partial charge in [0.15, 0.2) is 0 Å². The highest BCUT2D eigenvalue weighted by molar-refractivity contribution is 6.00. The number of ether oxygens (including phenoxy) is 1. The molecule has 10 nitrogen and oxygen atoms in total. The van der Waals surface area contributed by atoms with E-state index in [1.165, 1.54) is 23.2 Å². The van der Waals surface area contributed by atoms with Crippen molar-refractivity contribution in [1.82, 2.24) is 15.5 Å². The van der Waals surface area contributed by atoms with Crippen molar-refractivity contribution in [1.29, 1.82) is 0 Å². The van der Waals surface area contributed by atoms with Gasteiger partial charge >= 0.3 is 6.09 Å². The molecule has 12 heteroatoms. The number of hydrogen-bond donors (Lipinski definition) is 5. The van der Waals surface area contributed by atoms with E-state index in [2.05, 4.69) is 21.3 Å². The molecule has 3 amide bonds. The van der Waals surface area contributed by atoms with Crippen molar-refractivity contribution in [3.8, 4) is 0 Å². The molecule has 224 valence electrons. The summed E-state index contributed by atoms with van der Waals surface area (Å²) in [5.41, 5.74) is 5.98. The van der Waals surface area contributed by atoms with Gasteiger partial charge in [-0.05, 0) is 88.6 Å². The van der Waals surface area contributed by atoms with Crippen LogP contribution in [-0.2, 0) is 20.9 Å². The highest BCUT2D eigenvalue weighted by Gasteiger charge is 2.47. The predicted molar refractivity (Wildman–Crippen MR) is 155 cm³/mol. The number of nitrogens with one attached hydrogen (secondary N) is 4. The second-order valence-corrected chi connectivity index (χ2v) is 11.5. The zero-order chi connectivity index (χ0) is 30.7. The van der Waals surface area contributed by atoms with Gasteiger partial charge in [-0.1, -0.05) is 0 Å². The minimum absolute atomic E-state index is 0.0660. The third-order valence-electron chi connectivity index (χ3n) is 6.91. The fourth-order valence-electron chi connectivity index (χ4n) is 4.81. The molecule has 0 aromatic heterocycles. The summed E-state index contributed by atoms with van der Waals surface area (Å²) in [5.74, 6) is -2.38. The van der Waals surface area contributed by atoms with E-state index in [4.69, 9.17) is 10.5 Å². The van der Waals surface area contributed by atoms with Crippen molar-refractivity contribution in [3.05, 3.63) is 83.2 Å². The second kappa shape index (κ2) is 12.1. The topological polar surface area (TPSA) is 138 Å². The molecule has 0 bridgehead atoms. The maximum Gasteiger partial charge on any atom is 0.411 e. The molecule has 42 heavy (non-hydrogen) atoms. The number of nitrogens with two attached hydrogens (primary N) is 1. The van der Waals surface area contributed by atoms with Gasteiger partial charge in [0.1, 0.15) is 28.9 Å². The smallest absolute Gasteiger partial charge is 0.411 e. The Kier molecular flexibility index (Phi) is 8.74. The fraction of sp³-hybridized carbons (Fsp3) is 0.367. The van der Waals surface area contributed by atoms with Gasteiger partial charge in [0.05, 0.1) is 5.57 Å². The van der Waals surface area contributed by atoms with Crippen molar-refractivity contribution < 1.29 is 27.9 Å². The molecular formula is C30H36F2N6O4. The normalized spacial score (nSPS) is 20.1. The number of rotatable bonds is 8. The summed E-state index contributed by atoms with van der Waals surface area (Å²) < 4.78 is 32.6. The number of halogens is 2. The number of amides is 3. The van der Waals surface area contributed by atoms with Crippen molar-refractivity contribution in [2.75, 3.05) is 17.2 Å². The molecule has 2 heterocycles. The van der Waals surface area contributed by atoms with Crippen LogP contribution in [0.2, 0.25) is 0 Å². The van der Waals surface area contributed by atoms with E-state index in [0.717, 1.165) is 6.07 Å². The minimum atomic E-state index is -1.04. The molecule has 2 unspecified atom stereocenters. The van der Waals surface area contributed by atoms with Crippen LogP contribution in [-0.4, -0.2) is 46.7 Å². The van der Waals surface area contributed by atoms with Crippen LogP contribution in [0.1, 0.15) is 46.1 Å². The number of anilines is 2. The van der Waals surface area contributed by atoms with E-state index >= 15 is 0 Å². The van der Waals surface area contributed by atoms with Gasteiger partial charge in [0.2, 0.25) is 5.91 Å². The first-order chi connectivity index (χ1) is 19.7. The van der Waals surface area contributed by atoms with Gasteiger partial charge in [-0.2, -0.15) is 0 Å². The Labute approximate surface area is 243 Å². The average molecular weight is 583 g/mol. The molecule has 0 aliphatic carbocycles. The highest BCUT2D eigenvalue weighted by Crippen LogP contribution is 2.32. The molecule has 1 saturated heterocycles. The van der Waals surface area contributed by atoms with E-state index in [1.54, 1.807) is 58.0 Å². The van der Waals surface area contributed by atoms with Gasteiger partial charge in [-0.25, -0.2) is 13.6 Å². The SMILES string of the molecule is CC(C)(C)OC(=O)N1CCCC1(C)C(=O)Nc1ccc(NC2C=C(NCc3cc(F)cc(F)c3)C(C(N)=O)=CN2)cc1. The Balaban J connectivity index is 1.39. The number of primary amides is 1. The number of benzene rings is 2. The molecule has 2 aromatic carbocycles. The maximum absolute atomic E-state index is 13.6.